The number of carbonyl (C=O) groups is 1. The van der Waals surface area contributed by atoms with Crippen molar-refractivity contribution in [1.82, 2.24) is 9.78 Å². The molecule has 8 heteroatoms. The van der Waals surface area contributed by atoms with Crippen molar-refractivity contribution in [3.05, 3.63) is 106 Å². The molecule has 0 aliphatic rings. The van der Waals surface area contributed by atoms with Crippen LogP contribution in [0.25, 0.3) is 16.9 Å². The number of nitrogens with zero attached hydrogens (tertiary/aromatic N) is 2. The first kappa shape index (κ1) is 20.0. The molecule has 0 amide bonds. The molecule has 0 atom stereocenters. The van der Waals surface area contributed by atoms with Crippen LogP contribution in [0.4, 0.5) is 14.5 Å². The quantitative estimate of drug-likeness (QED) is 0.465. The molecule has 0 aliphatic heterocycles. The Balaban J connectivity index is 1.91. The summed E-state index contributed by atoms with van der Waals surface area (Å²) in [5, 5.41) is 12.2. The van der Waals surface area contributed by atoms with Gasteiger partial charge in [-0.25, -0.2) is 18.3 Å². The molecule has 0 radical (unpaired) electrons. The van der Waals surface area contributed by atoms with Crippen molar-refractivity contribution < 1.29 is 18.7 Å². The lowest BCUT2D eigenvalue weighted by Gasteiger charge is -2.03. The minimum atomic E-state index is -1.17. The van der Waals surface area contributed by atoms with Crippen molar-refractivity contribution in [2.24, 2.45) is 4.99 Å². The third-order valence-electron chi connectivity index (χ3n) is 4.61. The van der Waals surface area contributed by atoms with Crippen LogP contribution in [-0.2, 0) is 0 Å². The van der Waals surface area contributed by atoms with E-state index in [9.17, 15) is 23.5 Å². The molecule has 154 valence electrons. The number of aliphatic imine (C=N–C) groups is 1. The van der Waals surface area contributed by atoms with E-state index in [0.29, 0.717) is 11.8 Å². The minimum Gasteiger partial charge on any atom is -0.478 e. The molecule has 0 aliphatic carbocycles. The summed E-state index contributed by atoms with van der Waals surface area (Å²) < 4.78 is 29.1. The molecule has 31 heavy (non-hydrogen) atoms. The lowest BCUT2D eigenvalue weighted by molar-refractivity contribution is 0.0698. The van der Waals surface area contributed by atoms with Gasteiger partial charge in [0.2, 0.25) is 0 Å². The molecule has 6 nitrogen and oxygen atoms in total. The first-order valence-corrected chi connectivity index (χ1v) is 9.18. The Bertz CT molecular complexity index is 1360. The molecule has 1 aromatic heterocycles. The molecule has 4 rings (SSSR count). The number of carboxylic acid groups (broad SMARTS) is 1. The van der Waals surface area contributed by atoms with Crippen LogP contribution in [0.3, 0.4) is 0 Å². The minimum absolute atomic E-state index is 0.00504. The van der Waals surface area contributed by atoms with Crippen LogP contribution in [0.15, 0.2) is 82.6 Å². The zero-order valence-electron chi connectivity index (χ0n) is 15.9. The molecular formula is C23H15F2N3O3. The Morgan fingerprint density at radius 3 is 2.42 bits per heavy atom. The number of rotatable bonds is 5. The van der Waals surface area contributed by atoms with Gasteiger partial charge in [0, 0.05) is 17.8 Å². The van der Waals surface area contributed by atoms with Crippen molar-refractivity contribution in [3.8, 4) is 16.9 Å². The van der Waals surface area contributed by atoms with Crippen LogP contribution in [0.1, 0.15) is 15.9 Å². The van der Waals surface area contributed by atoms with Gasteiger partial charge in [0.15, 0.2) is 0 Å². The van der Waals surface area contributed by atoms with Crippen LogP contribution in [-0.4, -0.2) is 27.1 Å². The molecular weight excluding hydrogens is 404 g/mol. The Morgan fingerprint density at radius 2 is 1.71 bits per heavy atom. The lowest BCUT2D eigenvalue weighted by Crippen LogP contribution is -2.17. The fourth-order valence-electron chi connectivity index (χ4n) is 3.13. The molecule has 0 saturated heterocycles. The molecule has 0 spiro atoms. The summed E-state index contributed by atoms with van der Waals surface area (Å²) in [4.78, 5) is 28.7. The second-order valence-corrected chi connectivity index (χ2v) is 6.58. The van der Waals surface area contributed by atoms with E-state index in [2.05, 4.69) is 10.1 Å². The molecule has 2 N–H and O–H groups in total. The number of aromatic nitrogens is 2. The maximum absolute atomic E-state index is 14.5. The topological polar surface area (TPSA) is 87.4 Å². The number of aromatic amines is 1. The maximum Gasteiger partial charge on any atom is 0.337 e. The summed E-state index contributed by atoms with van der Waals surface area (Å²) in [6.07, 6.45) is 1.18. The normalized spacial score (nSPS) is 11.2. The summed E-state index contributed by atoms with van der Waals surface area (Å²) >= 11 is 0. The highest BCUT2D eigenvalue weighted by atomic mass is 19.1. The average molecular weight is 419 g/mol. The van der Waals surface area contributed by atoms with E-state index < -0.39 is 23.2 Å². The highest BCUT2D eigenvalue weighted by Crippen LogP contribution is 2.25. The smallest absolute Gasteiger partial charge is 0.337 e. The Morgan fingerprint density at radius 1 is 1.00 bits per heavy atom. The van der Waals surface area contributed by atoms with Crippen molar-refractivity contribution in [2.45, 2.75) is 0 Å². The summed E-state index contributed by atoms with van der Waals surface area (Å²) in [7, 11) is 0. The number of halogens is 2. The first-order chi connectivity index (χ1) is 15.0. The molecule has 0 fully saturated rings. The summed E-state index contributed by atoms with van der Waals surface area (Å²) in [5.74, 6) is -2.79. The molecule has 0 saturated carbocycles. The summed E-state index contributed by atoms with van der Waals surface area (Å²) in [6, 6.07) is 17.7. The first-order valence-electron chi connectivity index (χ1n) is 9.18. The second-order valence-electron chi connectivity index (χ2n) is 6.58. The average Bonchev–Trinajstić information content (AvgIpc) is 3.09. The van der Waals surface area contributed by atoms with E-state index in [1.54, 1.807) is 42.5 Å². The van der Waals surface area contributed by atoms with Crippen LogP contribution in [0, 0.1) is 11.6 Å². The Labute approximate surface area is 174 Å². The van der Waals surface area contributed by atoms with Gasteiger partial charge in [-0.15, -0.1) is 0 Å². The van der Waals surface area contributed by atoms with Crippen molar-refractivity contribution in [1.29, 1.82) is 0 Å². The zero-order chi connectivity index (χ0) is 22.0. The van der Waals surface area contributed by atoms with E-state index in [0.717, 1.165) is 6.07 Å². The number of hydrogen-bond acceptors (Lipinski definition) is 3. The zero-order valence-corrected chi connectivity index (χ0v) is 15.9. The SMILES string of the molecule is O=C(O)c1ccccc1N=Cc1c(-c2ccc(F)cc2F)[nH]n(-c2ccccc2)c1=O. The predicted octanol–water partition coefficient (Wildman–Crippen LogP) is 4.56. The highest BCUT2D eigenvalue weighted by molar-refractivity contribution is 5.96. The monoisotopic (exact) mass is 419 g/mol. The van der Waals surface area contributed by atoms with Gasteiger partial charge < -0.3 is 5.11 Å². The largest absolute Gasteiger partial charge is 0.478 e. The molecule has 1 heterocycles. The number of carboxylic acids is 1. The van der Waals surface area contributed by atoms with Crippen LogP contribution >= 0.6 is 0 Å². The van der Waals surface area contributed by atoms with Crippen molar-refractivity contribution in [3.63, 3.8) is 0 Å². The lowest BCUT2D eigenvalue weighted by atomic mass is 10.1. The van der Waals surface area contributed by atoms with E-state index in [1.165, 1.54) is 29.1 Å². The number of H-pyrrole nitrogens is 1. The fourth-order valence-corrected chi connectivity index (χ4v) is 3.13. The highest BCUT2D eigenvalue weighted by Gasteiger charge is 2.19. The molecule has 0 unspecified atom stereocenters. The number of hydrogen-bond donors (Lipinski definition) is 2. The predicted molar refractivity (Wildman–Crippen MR) is 112 cm³/mol. The molecule has 4 aromatic rings. The molecule has 0 bridgehead atoms. The van der Waals surface area contributed by atoms with Gasteiger partial charge in [0.25, 0.3) is 5.56 Å². The standard InChI is InChI=1S/C23H15F2N3O3/c24-14-10-11-16(19(25)12-14)21-18(13-26-20-9-5-4-8-17(20)23(30)31)22(29)28(27-21)15-6-2-1-3-7-15/h1-13,27H,(H,30,31). The van der Waals surface area contributed by atoms with Gasteiger partial charge in [-0.3, -0.25) is 14.9 Å². The van der Waals surface area contributed by atoms with Gasteiger partial charge in [0.1, 0.15) is 11.6 Å². The maximum atomic E-state index is 14.5. The third-order valence-corrected chi connectivity index (χ3v) is 4.61. The van der Waals surface area contributed by atoms with Gasteiger partial charge in [-0.1, -0.05) is 30.3 Å². The summed E-state index contributed by atoms with van der Waals surface area (Å²) in [5.41, 5.74) is 0.113. The number of benzene rings is 3. The number of nitrogens with one attached hydrogen (secondary N) is 1. The van der Waals surface area contributed by atoms with Gasteiger partial charge >= 0.3 is 5.97 Å². The Kier molecular flexibility index (Phi) is 5.28. The summed E-state index contributed by atoms with van der Waals surface area (Å²) in [6.45, 7) is 0. The van der Waals surface area contributed by atoms with Gasteiger partial charge in [-0.2, -0.15) is 0 Å². The van der Waals surface area contributed by atoms with Gasteiger partial charge in [0.05, 0.1) is 28.2 Å². The van der Waals surface area contributed by atoms with E-state index in [1.807, 2.05) is 0 Å². The number of aromatic carboxylic acids is 1. The van der Waals surface area contributed by atoms with Crippen LogP contribution in [0.5, 0.6) is 0 Å². The van der Waals surface area contributed by atoms with Crippen LogP contribution in [0.2, 0.25) is 0 Å². The number of para-hydroxylation sites is 2. The Hall–Kier alpha value is -4.33. The molecule has 3 aromatic carbocycles. The van der Waals surface area contributed by atoms with Crippen LogP contribution < -0.4 is 5.56 Å². The van der Waals surface area contributed by atoms with Gasteiger partial charge in [-0.05, 0) is 36.4 Å². The van der Waals surface area contributed by atoms with Crippen molar-refractivity contribution in [2.75, 3.05) is 0 Å². The fraction of sp³-hybridized carbons (Fsp3) is 0. The van der Waals surface area contributed by atoms with Crippen molar-refractivity contribution >= 4 is 17.9 Å². The second kappa shape index (κ2) is 8.19. The van der Waals surface area contributed by atoms with E-state index >= 15 is 0 Å². The van der Waals surface area contributed by atoms with E-state index in [-0.39, 0.29) is 28.1 Å². The third kappa shape index (κ3) is 3.91. The van der Waals surface area contributed by atoms with E-state index in [4.69, 9.17) is 0 Å².